The van der Waals surface area contributed by atoms with E-state index in [1.54, 1.807) is 0 Å². The maximum absolute atomic E-state index is 13.2. The number of hydrogen-bond acceptors (Lipinski definition) is 3. The van der Waals surface area contributed by atoms with E-state index >= 15 is 0 Å². The van der Waals surface area contributed by atoms with Gasteiger partial charge in [-0.25, -0.2) is 0 Å². The fourth-order valence-corrected chi connectivity index (χ4v) is 5.10. The zero-order valence-corrected chi connectivity index (χ0v) is 20.6. The lowest BCUT2D eigenvalue weighted by atomic mass is 9.81. The zero-order valence-electron chi connectivity index (χ0n) is 20.6. The van der Waals surface area contributed by atoms with Gasteiger partial charge in [0.15, 0.2) is 0 Å². The van der Waals surface area contributed by atoms with Crippen LogP contribution in [0.1, 0.15) is 54.6 Å². The third kappa shape index (κ3) is 5.15. The fourth-order valence-electron chi connectivity index (χ4n) is 5.10. The second-order valence-electron chi connectivity index (χ2n) is 10.4. The van der Waals surface area contributed by atoms with Crippen molar-refractivity contribution in [3.8, 4) is 11.1 Å². The standard InChI is InChI=1S/C30H33N3O2/c1-30(2)19-23-11-13-25(18-27(23)32-29(30)35)31-28(34)22-12-14-26(21-9-5-3-6-10-21)24(17-22)20-33-15-7-4-8-16-33/h3,5-6,9-14,17-18H,4,7-8,15-16,19-20H2,1-2H3,(H,31,34)(H,32,35). The number of anilines is 2. The molecule has 0 aromatic heterocycles. The molecular formula is C30H33N3O2. The van der Waals surface area contributed by atoms with Crippen LogP contribution in [0.5, 0.6) is 0 Å². The highest BCUT2D eigenvalue weighted by Crippen LogP contribution is 2.35. The first-order valence-corrected chi connectivity index (χ1v) is 12.6. The molecule has 1 saturated heterocycles. The maximum Gasteiger partial charge on any atom is 0.255 e. The molecule has 35 heavy (non-hydrogen) atoms. The highest BCUT2D eigenvalue weighted by molar-refractivity contribution is 6.05. The number of likely N-dealkylation sites (tertiary alicyclic amines) is 1. The van der Waals surface area contributed by atoms with Crippen LogP contribution in [-0.2, 0) is 17.8 Å². The second kappa shape index (κ2) is 9.67. The average Bonchev–Trinajstić information content (AvgIpc) is 2.86. The van der Waals surface area contributed by atoms with Crippen LogP contribution in [0.15, 0.2) is 66.7 Å². The molecule has 2 N–H and O–H groups in total. The van der Waals surface area contributed by atoms with Gasteiger partial charge in [-0.1, -0.05) is 62.7 Å². The van der Waals surface area contributed by atoms with Crippen LogP contribution in [0.3, 0.4) is 0 Å². The molecule has 2 aliphatic rings. The summed E-state index contributed by atoms with van der Waals surface area (Å²) >= 11 is 0. The quantitative estimate of drug-likeness (QED) is 0.476. The Morgan fingerprint density at radius 2 is 1.74 bits per heavy atom. The molecule has 0 aliphatic carbocycles. The lowest BCUT2D eigenvalue weighted by molar-refractivity contribution is -0.124. The Labute approximate surface area is 207 Å². The first kappa shape index (κ1) is 23.3. The molecule has 1 fully saturated rings. The average molecular weight is 468 g/mol. The third-order valence-corrected chi connectivity index (χ3v) is 7.16. The van der Waals surface area contributed by atoms with Crippen LogP contribution in [0.2, 0.25) is 0 Å². The molecule has 2 amide bonds. The molecule has 0 unspecified atom stereocenters. The van der Waals surface area contributed by atoms with E-state index in [9.17, 15) is 9.59 Å². The number of rotatable bonds is 5. The molecule has 0 atom stereocenters. The van der Waals surface area contributed by atoms with Gasteiger partial charge in [0.2, 0.25) is 5.91 Å². The van der Waals surface area contributed by atoms with Gasteiger partial charge in [-0.2, -0.15) is 0 Å². The first-order chi connectivity index (χ1) is 16.9. The largest absolute Gasteiger partial charge is 0.325 e. The van der Waals surface area contributed by atoms with Gasteiger partial charge >= 0.3 is 0 Å². The molecule has 180 valence electrons. The molecular weight excluding hydrogens is 434 g/mol. The van der Waals surface area contributed by atoms with Gasteiger partial charge in [-0.3, -0.25) is 14.5 Å². The van der Waals surface area contributed by atoms with Gasteiger partial charge in [0.25, 0.3) is 5.91 Å². The van der Waals surface area contributed by atoms with E-state index in [1.807, 2.05) is 50.2 Å². The Bertz CT molecular complexity index is 1240. The van der Waals surface area contributed by atoms with Crippen molar-refractivity contribution in [3.63, 3.8) is 0 Å². The van der Waals surface area contributed by atoms with Gasteiger partial charge in [-0.15, -0.1) is 0 Å². The van der Waals surface area contributed by atoms with Crippen LogP contribution in [0.4, 0.5) is 11.4 Å². The fraction of sp³-hybridized carbons (Fsp3) is 0.333. The normalized spacial score (nSPS) is 17.4. The smallest absolute Gasteiger partial charge is 0.255 e. The van der Waals surface area contributed by atoms with Crippen molar-refractivity contribution >= 4 is 23.2 Å². The summed E-state index contributed by atoms with van der Waals surface area (Å²) in [5, 5.41) is 6.02. The lowest BCUT2D eigenvalue weighted by Crippen LogP contribution is -2.37. The topological polar surface area (TPSA) is 61.4 Å². The number of nitrogens with zero attached hydrogens (tertiary/aromatic N) is 1. The van der Waals surface area contributed by atoms with Crippen LogP contribution in [0, 0.1) is 5.41 Å². The Morgan fingerprint density at radius 1 is 0.971 bits per heavy atom. The van der Waals surface area contributed by atoms with E-state index in [0.29, 0.717) is 17.7 Å². The number of amides is 2. The van der Waals surface area contributed by atoms with E-state index in [1.165, 1.54) is 36.0 Å². The predicted octanol–water partition coefficient (Wildman–Crippen LogP) is 6.11. The molecule has 0 saturated carbocycles. The van der Waals surface area contributed by atoms with E-state index in [4.69, 9.17) is 0 Å². The van der Waals surface area contributed by atoms with Crippen molar-refractivity contribution in [3.05, 3.63) is 83.4 Å². The number of fused-ring (bicyclic) bond motifs is 1. The summed E-state index contributed by atoms with van der Waals surface area (Å²) in [5.41, 5.74) is 6.26. The summed E-state index contributed by atoms with van der Waals surface area (Å²) < 4.78 is 0. The molecule has 2 aliphatic heterocycles. The van der Waals surface area contributed by atoms with Crippen molar-refractivity contribution in [2.45, 2.75) is 46.1 Å². The Hall–Kier alpha value is -3.44. The van der Waals surface area contributed by atoms with Crippen LogP contribution < -0.4 is 10.6 Å². The van der Waals surface area contributed by atoms with Crippen LogP contribution in [-0.4, -0.2) is 29.8 Å². The highest BCUT2D eigenvalue weighted by atomic mass is 16.2. The first-order valence-electron chi connectivity index (χ1n) is 12.6. The van der Waals surface area contributed by atoms with E-state index in [0.717, 1.165) is 30.9 Å². The third-order valence-electron chi connectivity index (χ3n) is 7.16. The molecule has 5 nitrogen and oxygen atoms in total. The summed E-state index contributed by atoms with van der Waals surface area (Å²) in [5.74, 6) is -0.140. The minimum absolute atomic E-state index is 0.00679. The van der Waals surface area contributed by atoms with Gasteiger partial charge in [0, 0.05) is 28.9 Å². The van der Waals surface area contributed by atoms with Crippen molar-refractivity contribution in [2.24, 2.45) is 5.41 Å². The van der Waals surface area contributed by atoms with Gasteiger partial charge in [0.05, 0.1) is 0 Å². The van der Waals surface area contributed by atoms with Gasteiger partial charge in [0.1, 0.15) is 0 Å². The van der Waals surface area contributed by atoms with Crippen molar-refractivity contribution in [1.82, 2.24) is 4.90 Å². The van der Waals surface area contributed by atoms with E-state index in [-0.39, 0.29) is 11.8 Å². The molecule has 2 heterocycles. The molecule has 3 aromatic carbocycles. The number of carbonyl (C=O) groups is 2. The molecule has 0 spiro atoms. The van der Waals surface area contributed by atoms with Gasteiger partial charge < -0.3 is 10.6 Å². The zero-order chi connectivity index (χ0) is 24.4. The SMILES string of the molecule is CC1(C)Cc2ccc(NC(=O)c3ccc(-c4ccccc4)c(CN4CCCCC4)c3)cc2NC1=O. The summed E-state index contributed by atoms with van der Waals surface area (Å²) in [6.45, 7) is 6.93. The molecule has 3 aromatic rings. The summed E-state index contributed by atoms with van der Waals surface area (Å²) in [6.07, 6.45) is 4.44. The predicted molar refractivity (Wildman–Crippen MR) is 142 cm³/mol. The Balaban J connectivity index is 1.39. The summed E-state index contributed by atoms with van der Waals surface area (Å²) in [6, 6.07) is 22.1. The van der Waals surface area contributed by atoms with E-state index < -0.39 is 5.41 Å². The van der Waals surface area contributed by atoms with E-state index in [2.05, 4.69) is 45.9 Å². The second-order valence-corrected chi connectivity index (χ2v) is 10.4. The van der Waals surface area contributed by atoms with Crippen LogP contribution >= 0.6 is 0 Å². The highest BCUT2D eigenvalue weighted by Gasteiger charge is 2.33. The summed E-state index contributed by atoms with van der Waals surface area (Å²) in [4.78, 5) is 28.1. The van der Waals surface area contributed by atoms with Crippen LogP contribution in [0.25, 0.3) is 11.1 Å². The van der Waals surface area contributed by atoms with Crippen molar-refractivity contribution < 1.29 is 9.59 Å². The Kier molecular flexibility index (Phi) is 6.44. The number of benzene rings is 3. The maximum atomic E-state index is 13.2. The van der Waals surface area contributed by atoms with Crippen molar-refractivity contribution in [1.29, 1.82) is 0 Å². The molecule has 5 heteroatoms. The minimum atomic E-state index is -0.428. The Morgan fingerprint density at radius 3 is 2.51 bits per heavy atom. The molecule has 0 radical (unpaired) electrons. The van der Waals surface area contributed by atoms with Gasteiger partial charge in [-0.05, 0) is 78.9 Å². The molecule has 0 bridgehead atoms. The number of carbonyl (C=O) groups excluding carboxylic acids is 2. The van der Waals surface area contributed by atoms with Crippen molar-refractivity contribution in [2.75, 3.05) is 23.7 Å². The number of nitrogens with one attached hydrogen (secondary N) is 2. The number of piperidine rings is 1. The lowest BCUT2D eigenvalue weighted by Gasteiger charge is -2.30. The molecule has 5 rings (SSSR count). The summed E-state index contributed by atoms with van der Waals surface area (Å²) in [7, 11) is 0. The number of hydrogen-bond donors (Lipinski definition) is 2. The monoisotopic (exact) mass is 467 g/mol. The minimum Gasteiger partial charge on any atom is -0.325 e.